The molecular formula is C19H18FN5O. The minimum Gasteiger partial charge on any atom is -0.350 e. The number of imidazole rings is 1. The van der Waals surface area contributed by atoms with Crippen molar-refractivity contribution in [3.05, 3.63) is 58.3 Å². The first-order valence-corrected chi connectivity index (χ1v) is 8.88. The highest BCUT2D eigenvalue weighted by Crippen LogP contribution is 2.31. The highest BCUT2D eigenvalue weighted by molar-refractivity contribution is 5.94. The number of aromatic amines is 2. The lowest BCUT2D eigenvalue weighted by Crippen LogP contribution is -2.26. The molecule has 0 unspecified atom stereocenters. The van der Waals surface area contributed by atoms with Crippen LogP contribution in [0.2, 0.25) is 0 Å². The number of fused-ring (bicyclic) bond motifs is 2. The molecule has 1 amide bonds. The second-order valence-electron chi connectivity index (χ2n) is 6.96. The van der Waals surface area contributed by atoms with Gasteiger partial charge in [0.25, 0.3) is 5.91 Å². The first-order valence-electron chi connectivity index (χ1n) is 8.88. The third-order valence-electron chi connectivity index (χ3n) is 5.33. The molecule has 5 rings (SSSR count). The maximum absolute atomic E-state index is 13.2. The van der Waals surface area contributed by atoms with Gasteiger partial charge in [-0.3, -0.25) is 9.89 Å². The molecule has 26 heavy (non-hydrogen) atoms. The Hall–Kier alpha value is -2.96. The van der Waals surface area contributed by atoms with Crippen molar-refractivity contribution in [2.75, 3.05) is 6.54 Å². The number of hydrogen-bond donors (Lipinski definition) is 3. The summed E-state index contributed by atoms with van der Waals surface area (Å²) in [6.07, 6.45) is 3.75. The van der Waals surface area contributed by atoms with Gasteiger partial charge in [0, 0.05) is 29.4 Å². The van der Waals surface area contributed by atoms with E-state index in [0.717, 1.165) is 36.2 Å². The zero-order valence-electron chi connectivity index (χ0n) is 14.1. The van der Waals surface area contributed by atoms with Gasteiger partial charge in [0.15, 0.2) is 5.82 Å². The topological polar surface area (TPSA) is 86.5 Å². The van der Waals surface area contributed by atoms with Gasteiger partial charge in [0.2, 0.25) is 0 Å². The molecule has 0 fully saturated rings. The van der Waals surface area contributed by atoms with Crippen LogP contribution in [0.4, 0.5) is 4.39 Å². The van der Waals surface area contributed by atoms with E-state index in [1.54, 1.807) is 12.1 Å². The minimum atomic E-state index is -0.261. The van der Waals surface area contributed by atoms with Crippen LogP contribution in [0.15, 0.2) is 24.3 Å². The van der Waals surface area contributed by atoms with Crippen molar-refractivity contribution in [3.8, 4) is 11.5 Å². The van der Waals surface area contributed by atoms with Gasteiger partial charge in [-0.15, -0.1) is 0 Å². The second kappa shape index (κ2) is 5.79. The predicted octanol–water partition coefficient (Wildman–Crippen LogP) is 2.50. The smallest absolute Gasteiger partial charge is 0.271 e. The number of aryl methyl sites for hydroxylation is 1. The number of halogens is 1. The SMILES string of the molecule is O=C1NC[C@H](c2ccc(F)cc2)Cc2[nH]c(-c3n[nH]c4c3CCC4)nc21. The largest absolute Gasteiger partial charge is 0.350 e. The minimum absolute atomic E-state index is 0.0685. The average Bonchev–Trinajstić information content (AvgIpc) is 3.32. The Morgan fingerprint density at radius 2 is 1.92 bits per heavy atom. The van der Waals surface area contributed by atoms with Crippen molar-refractivity contribution in [1.82, 2.24) is 25.5 Å². The van der Waals surface area contributed by atoms with Crippen molar-refractivity contribution in [2.24, 2.45) is 0 Å². The highest BCUT2D eigenvalue weighted by atomic mass is 19.1. The maximum atomic E-state index is 13.2. The molecule has 3 heterocycles. The fraction of sp³-hybridized carbons (Fsp3) is 0.316. The first-order chi connectivity index (χ1) is 12.7. The van der Waals surface area contributed by atoms with Crippen molar-refractivity contribution >= 4 is 5.91 Å². The lowest BCUT2D eigenvalue weighted by atomic mass is 9.94. The Bertz CT molecular complexity index is 988. The second-order valence-corrected chi connectivity index (χ2v) is 6.96. The van der Waals surface area contributed by atoms with Crippen LogP contribution in [0.5, 0.6) is 0 Å². The molecule has 0 saturated heterocycles. The Balaban J connectivity index is 1.51. The molecule has 0 saturated carbocycles. The third-order valence-corrected chi connectivity index (χ3v) is 5.33. The standard InChI is InChI=1S/C19H18FN5O/c20-12-6-4-10(5-7-12)11-8-15-17(19(26)21-9-11)23-18(22-15)16-13-2-1-3-14(13)24-25-16/h4-7,11H,1-3,8-9H2,(H,21,26)(H,22,23)(H,24,25)/t11-/m1/s1. The fourth-order valence-corrected chi connectivity index (χ4v) is 3.96. The van der Waals surface area contributed by atoms with E-state index < -0.39 is 0 Å². The van der Waals surface area contributed by atoms with E-state index >= 15 is 0 Å². The van der Waals surface area contributed by atoms with E-state index in [2.05, 4.69) is 25.5 Å². The van der Waals surface area contributed by atoms with Crippen molar-refractivity contribution in [2.45, 2.75) is 31.6 Å². The fourth-order valence-electron chi connectivity index (χ4n) is 3.96. The van der Waals surface area contributed by atoms with Crippen molar-refractivity contribution in [1.29, 1.82) is 0 Å². The monoisotopic (exact) mass is 351 g/mol. The summed E-state index contributed by atoms with van der Waals surface area (Å²) in [5.41, 5.74) is 5.41. The number of benzene rings is 1. The van der Waals surface area contributed by atoms with Gasteiger partial charge in [-0.05, 0) is 43.4 Å². The number of rotatable bonds is 2. The Morgan fingerprint density at radius 3 is 2.77 bits per heavy atom. The van der Waals surface area contributed by atoms with Crippen LogP contribution >= 0.6 is 0 Å². The van der Waals surface area contributed by atoms with E-state index in [1.807, 2.05) is 0 Å². The number of nitrogens with one attached hydrogen (secondary N) is 3. The summed E-state index contributed by atoms with van der Waals surface area (Å²) < 4.78 is 13.2. The van der Waals surface area contributed by atoms with Crippen LogP contribution < -0.4 is 5.32 Å². The first kappa shape index (κ1) is 15.3. The lowest BCUT2D eigenvalue weighted by Gasteiger charge is -2.14. The number of carbonyl (C=O) groups excluding carboxylic acids is 1. The molecule has 3 N–H and O–H groups in total. The number of amides is 1. The number of H-pyrrole nitrogens is 2. The number of nitrogens with zero attached hydrogens (tertiary/aromatic N) is 2. The summed E-state index contributed by atoms with van der Waals surface area (Å²) in [6, 6.07) is 6.45. The molecular weight excluding hydrogens is 333 g/mol. The van der Waals surface area contributed by atoms with E-state index in [-0.39, 0.29) is 17.6 Å². The van der Waals surface area contributed by atoms with Gasteiger partial charge in [-0.25, -0.2) is 9.37 Å². The Kier molecular flexibility index (Phi) is 3.41. The van der Waals surface area contributed by atoms with Crippen LogP contribution in [0.25, 0.3) is 11.5 Å². The molecule has 1 atom stereocenters. The summed E-state index contributed by atoms with van der Waals surface area (Å²) in [5, 5.41) is 10.4. The van der Waals surface area contributed by atoms with E-state index in [0.29, 0.717) is 24.5 Å². The summed E-state index contributed by atoms with van der Waals surface area (Å²) in [4.78, 5) is 20.3. The van der Waals surface area contributed by atoms with Crippen LogP contribution in [0.3, 0.4) is 0 Å². The number of hydrogen-bond acceptors (Lipinski definition) is 3. The molecule has 1 aromatic carbocycles. The van der Waals surface area contributed by atoms with E-state index in [1.165, 1.54) is 23.4 Å². The predicted molar refractivity (Wildman–Crippen MR) is 93.4 cm³/mol. The van der Waals surface area contributed by atoms with Crippen LogP contribution in [-0.2, 0) is 19.3 Å². The average molecular weight is 351 g/mol. The normalized spacial score (nSPS) is 19.0. The molecule has 1 aliphatic heterocycles. The molecule has 6 nitrogen and oxygen atoms in total. The van der Waals surface area contributed by atoms with Gasteiger partial charge in [-0.2, -0.15) is 5.10 Å². The maximum Gasteiger partial charge on any atom is 0.271 e. The van der Waals surface area contributed by atoms with Gasteiger partial charge in [0.1, 0.15) is 17.2 Å². The molecule has 2 aliphatic rings. The number of aromatic nitrogens is 4. The molecule has 1 aliphatic carbocycles. The third kappa shape index (κ3) is 2.42. The van der Waals surface area contributed by atoms with Crippen molar-refractivity contribution in [3.63, 3.8) is 0 Å². The van der Waals surface area contributed by atoms with Crippen LogP contribution in [0, 0.1) is 5.82 Å². The van der Waals surface area contributed by atoms with Crippen molar-refractivity contribution < 1.29 is 9.18 Å². The Labute approximate surface area is 149 Å². The molecule has 132 valence electrons. The lowest BCUT2D eigenvalue weighted by molar-refractivity contribution is 0.0950. The molecule has 0 spiro atoms. The quantitative estimate of drug-likeness (QED) is 0.663. The summed E-state index contributed by atoms with van der Waals surface area (Å²) >= 11 is 0. The molecule has 0 radical (unpaired) electrons. The summed E-state index contributed by atoms with van der Waals surface area (Å²) in [5.74, 6) is 0.269. The van der Waals surface area contributed by atoms with Crippen LogP contribution in [0.1, 0.15) is 45.3 Å². The molecule has 2 aromatic heterocycles. The zero-order valence-corrected chi connectivity index (χ0v) is 14.1. The van der Waals surface area contributed by atoms with Gasteiger partial charge in [0.05, 0.1) is 0 Å². The van der Waals surface area contributed by atoms with Gasteiger partial charge >= 0.3 is 0 Å². The Morgan fingerprint density at radius 1 is 1.08 bits per heavy atom. The molecule has 7 heteroatoms. The van der Waals surface area contributed by atoms with Gasteiger partial charge in [-0.1, -0.05) is 12.1 Å². The molecule has 3 aromatic rings. The van der Waals surface area contributed by atoms with Crippen LogP contribution in [-0.4, -0.2) is 32.6 Å². The summed E-state index contributed by atoms with van der Waals surface area (Å²) in [7, 11) is 0. The highest BCUT2D eigenvalue weighted by Gasteiger charge is 2.28. The summed E-state index contributed by atoms with van der Waals surface area (Å²) in [6.45, 7) is 0.502. The zero-order chi connectivity index (χ0) is 17.7. The molecule has 0 bridgehead atoms. The van der Waals surface area contributed by atoms with Gasteiger partial charge < -0.3 is 10.3 Å². The van der Waals surface area contributed by atoms with E-state index in [9.17, 15) is 9.18 Å². The van der Waals surface area contributed by atoms with E-state index in [4.69, 9.17) is 0 Å². The number of carbonyl (C=O) groups is 1.